The Labute approximate surface area is 109 Å². The molecule has 0 aromatic heterocycles. The van der Waals surface area contributed by atoms with Crippen molar-refractivity contribution in [3.05, 3.63) is 11.6 Å². The molecule has 1 unspecified atom stereocenters. The third-order valence-electron chi connectivity index (χ3n) is 5.09. The Kier molecular flexibility index (Phi) is 2.87. The summed E-state index contributed by atoms with van der Waals surface area (Å²) in [7, 11) is 0. The lowest BCUT2D eigenvalue weighted by Crippen LogP contribution is -2.51. The van der Waals surface area contributed by atoms with Crippen LogP contribution in [0, 0.1) is 11.3 Å². The molecule has 100 valence electrons. The zero-order chi connectivity index (χ0) is 12.8. The molecule has 3 heteroatoms. The number of rotatable bonds is 0. The van der Waals surface area contributed by atoms with E-state index in [1.165, 1.54) is 5.57 Å². The van der Waals surface area contributed by atoms with Gasteiger partial charge in [0, 0.05) is 24.2 Å². The van der Waals surface area contributed by atoms with Crippen molar-refractivity contribution < 1.29 is 14.3 Å². The largest absolute Gasteiger partial charge is 0.347 e. The van der Waals surface area contributed by atoms with E-state index in [0.29, 0.717) is 25.4 Å². The average Bonchev–Trinajstić information content (AvgIpc) is 2.78. The second-order valence-corrected chi connectivity index (χ2v) is 6.08. The van der Waals surface area contributed by atoms with Crippen molar-refractivity contribution in [3.8, 4) is 0 Å². The molecule has 1 saturated carbocycles. The monoisotopic (exact) mass is 250 g/mol. The fraction of sp³-hybridized carbons (Fsp3) is 0.800. The molecule has 1 spiro atoms. The molecule has 3 rings (SSSR count). The summed E-state index contributed by atoms with van der Waals surface area (Å²) in [6.07, 6.45) is 6.84. The third-order valence-corrected chi connectivity index (χ3v) is 5.09. The van der Waals surface area contributed by atoms with Crippen LogP contribution in [0.5, 0.6) is 0 Å². The number of fused-ring (bicyclic) bond motifs is 2. The number of carbonyl (C=O) groups excluding carboxylic acids is 1. The number of carbonyl (C=O) groups is 1. The molecule has 3 aliphatic rings. The number of Topliss-reactive ketones (excluding diaryl/α,β-unsaturated/α-hetero) is 1. The van der Waals surface area contributed by atoms with E-state index in [-0.39, 0.29) is 11.3 Å². The Morgan fingerprint density at radius 2 is 1.94 bits per heavy atom. The van der Waals surface area contributed by atoms with Gasteiger partial charge in [0.25, 0.3) is 0 Å². The summed E-state index contributed by atoms with van der Waals surface area (Å²) in [5.41, 5.74) is 1.27. The van der Waals surface area contributed by atoms with E-state index in [4.69, 9.17) is 9.47 Å². The van der Waals surface area contributed by atoms with E-state index < -0.39 is 5.79 Å². The minimum absolute atomic E-state index is 0.0541. The minimum atomic E-state index is -0.457. The molecule has 18 heavy (non-hydrogen) atoms. The first-order chi connectivity index (χ1) is 8.57. The summed E-state index contributed by atoms with van der Waals surface area (Å²) in [5, 5.41) is 0. The van der Waals surface area contributed by atoms with Crippen molar-refractivity contribution in [2.45, 2.75) is 51.7 Å². The van der Waals surface area contributed by atoms with Gasteiger partial charge in [-0.05, 0) is 19.3 Å². The van der Waals surface area contributed by atoms with E-state index in [1.54, 1.807) is 0 Å². The Hall–Kier alpha value is -0.670. The maximum atomic E-state index is 12.0. The molecule has 0 aromatic carbocycles. The van der Waals surface area contributed by atoms with E-state index in [9.17, 15) is 4.79 Å². The van der Waals surface area contributed by atoms with Gasteiger partial charge < -0.3 is 9.47 Å². The number of hydrogen-bond donors (Lipinski definition) is 0. The fourth-order valence-electron chi connectivity index (χ4n) is 3.84. The number of ketones is 1. The SMILES string of the molecule is CC1C=C2CCCC3(OCCO3)[C@@]2(C)CCC1=O. The predicted octanol–water partition coefficient (Wildman–Crippen LogP) is 2.85. The van der Waals surface area contributed by atoms with Crippen molar-refractivity contribution in [2.75, 3.05) is 13.2 Å². The molecular formula is C15H22O3. The van der Waals surface area contributed by atoms with Gasteiger partial charge in [-0.1, -0.05) is 25.5 Å². The second kappa shape index (κ2) is 4.17. The van der Waals surface area contributed by atoms with Crippen LogP contribution in [0.15, 0.2) is 11.6 Å². The zero-order valence-electron chi connectivity index (χ0n) is 11.3. The normalized spacial score (nSPS) is 39.3. The molecule has 1 aliphatic heterocycles. The van der Waals surface area contributed by atoms with Crippen molar-refractivity contribution >= 4 is 5.78 Å². The lowest BCUT2D eigenvalue weighted by molar-refractivity contribution is -0.235. The number of ether oxygens (including phenoxy) is 2. The molecular weight excluding hydrogens is 228 g/mol. The summed E-state index contributed by atoms with van der Waals surface area (Å²) in [6, 6.07) is 0. The van der Waals surface area contributed by atoms with Crippen LogP contribution in [0.3, 0.4) is 0 Å². The van der Waals surface area contributed by atoms with Gasteiger partial charge in [-0.25, -0.2) is 0 Å². The van der Waals surface area contributed by atoms with Gasteiger partial charge in [0.1, 0.15) is 5.78 Å². The number of allylic oxidation sites excluding steroid dienone is 1. The maximum absolute atomic E-state index is 12.0. The van der Waals surface area contributed by atoms with Crippen LogP contribution >= 0.6 is 0 Å². The Morgan fingerprint density at radius 3 is 2.67 bits per heavy atom. The highest BCUT2D eigenvalue weighted by atomic mass is 16.7. The van der Waals surface area contributed by atoms with Gasteiger partial charge in [-0.2, -0.15) is 0 Å². The van der Waals surface area contributed by atoms with Crippen LogP contribution < -0.4 is 0 Å². The first kappa shape index (κ1) is 12.4. The van der Waals surface area contributed by atoms with Gasteiger partial charge in [0.15, 0.2) is 5.79 Å². The fourth-order valence-corrected chi connectivity index (χ4v) is 3.84. The lowest BCUT2D eigenvalue weighted by atomic mass is 9.65. The molecule has 1 heterocycles. The maximum Gasteiger partial charge on any atom is 0.177 e. The predicted molar refractivity (Wildman–Crippen MR) is 68.1 cm³/mol. The summed E-state index contributed by atoms with van der Waals surface area (Å²) in [4.78, 5) is 12.0. The molecule has 0 radical (unpaired) electrons. The summed E-state index contributed by atoms with van der Waals surface area (Å²) in [5.74, 6) is -0.0498. The van der Waals surface area contributed by atoms with E-state index in [1.807, 2.05) is 6.92 Å². The second-order valence-electron chi connectivity index (χ2n) is 6.08. The van der Waals surface area contributed by atoms with E-state index in [0.717, 1.165) is 25.7 Å². The van der Waals surface area contributed by atoms with Gasteiger partial charge in [-0.15, -0.1) is 0 Å². The molecule has 0 amide bonds. The van der Waals surface area contributed by atoms with Gasteiger partial charge in [0.2, 0.25) is 0 Å². The minimum Gasteiger partial charge on any atom is -0.347 e. The first-order valence-corrected chi connectivity index (χ1v) is 7.09. The van der Waals surface area contributed by atoms with Crippen molar-refractivity contribution in [1.29, 1.82) is 0 Å². The molecule has 2 aliphatic carbocycles. The third kappa shape index (κ3) is 1.60. The topological polar surface area (TPSA) is 35.5 Å². The molecule has 1 saturated heterocycles. The molecule has 0 aromatic rings. The highest BCUT2D eigenvalue weighted by molar-refractivity contribution is 5.83. The van der Waals surface area contributed by atoms with Crippen LogP contribution in [0.2, 0.25) is 0 Å². The van der Waals surface area contributed by atoms with Gasteiger partial charge in [0.05, 0.1) is 13.2 Å². The van der Waals surface area contributed by atoms with Crippen molar-refractivity contribution in [2.24, 2.45) is 11.3 Å². The van der Waals surface area contributed by atoms with Crippen LogP contribution in [-0.2, 0) is 14.3 Å². The first-order valence-electron chi connectivity index (χ1n) is 7.09. The van der Waals surface area contributed by atoms with E-state index in [2.05, 4.69) is 13.0 Å². The summed E-state index contributed by atoms with van der Waals surface area (Å²) in [6.45, 7) is 5.62. The highest BCUT2D eigenvalue weighted by Crippen LogP contribution is 2.55. The summed E-state index contributed by atoms with van der Waals surface area (Å²) >= 11 is 0. The van der Waals surface area contributed by atoms with Gasteiger partial charge in [-0.3, -0.25) is 4.79 Å². The average molecular weight is 250 g/mol. The van der Waals surface area contributed by atoms with Crippen LogP contribution in [-0.4, -0.2) is 24.8 Å². The highest BCUT2D eigenvalue weighted by Gasteiger charge is 2.56. The molecule has 0 bridgehead atoms. The Morgan fingerprint density at radius 1 is 1.22 bits per heavy atom. The Bertz CT molecular complexity index is 393. The van der Waals surface area contributed by atoms with Crippen LogP contribution in [0.25, 0.3) is 0 Å². The molecule has 2 atom stereocenters. The van der Waals surface area contributed by atoms with Crippen LogP contribution in [0.4, 0.5) is 0 Å². The van der Waals surface area contributed by atoms with Crippen molar-refractivity contribution in [1.82, 2.24) is 0 Å². The molecule has 2 fully saturated rings. The van der Waals surface area contributed by atoms with Gasteiger partial charge >= 0.3 is 0 Å². The smallest absolute Gasteiger partial charge is 0.177 e. The standard InChI is InChI=1S/C15H22O3/c1-11-10-12-4-3-6-15(17-8-9-18-15)14(12,2)7-5-13(11)16/h10-11H,3-9H2,1-2H3/t11?,14-/m0/s1. The van der Waals surface area contributed by atoms with Crippen molar-refractivity contribution in [3.63, 3.8) is 0 Å². The quantitative estimate of drug-likeness (QED) is 0.620. The zero-order valence-corrected chi connectivity index (χ0v) is 11.3. The number of hydrogen-bond acceptors (Lipinski definition) is 3. The summed E-state index contributed by atoms with van der Waals surface area (Å²) < 4.78 is 12.0. The molecule has 3 nitrogen and oxygen atoms in total. The molecule has 0 N–H and O–H groups in total. The van der Waals surface area contributed by atoms with E-state index >= 15 is 0 Å². The van der Waals surface area contributed by atoms with Crippen LogP contribution in [0.1, 0.15) is 46.0 Å². The Balaban J connectivity index is 2.02. The lowest BCUT2D eigenvalue weighted by Gasteiger charge is -2.49.